The quantitative estimate of drug-likeness (QED) is 0.730. The van der Waals surface area contributed by atoms with Crippen molar-refractivity contribution in [1.82, 2.24) is 14.9 Å². The fourth-order valence-corrected chi connectivity index (χ4v) is 2.68. The summed E-state index contributed by atoms with van der Waals surface area (Å²) in [6.07, 6.45) is 1.85. The van der Waals surface area contributed by atoms with Gasteiger partial charge in [-0.05, 0) is 57.0 Å². The molecule has 2 rings (SSSR count). The van der Waals surface area contributed by atoms with Crippen molar-refractivity contribution in [2.24, 2.45) is 0 Å². The Bertz CT molecular complexity index is 710. The predicted molar refractivity (Wildman–Crippen MR) is 104 cm³/mol. The molecule has 0 atom stereocenters. The number of ether oxygens (including phenoxy) is 1. The molecule has 0 aliphatic rings. The molecule has 0 unspecified atom stereocenters. The third-order valence-electron chi connectivity index (χ3n) is 3.77. The summed E-state index contributed by atoms with van der Waals surface area (Å²) in [5, 5.41) is 3.16. The fraction of sp³-hybridized carbons (Fsp3) is 0.450. The lowest BCUT2D eigenvalue weighted by Crippen LogP contribution is -2.33. The largest absolute Gasteiger partial charge is 0.494 e. The van der Waals surface area contributed by atoms with E-state index in [0.29, 0.717) is 18.2 Å². The van der Waals surface area contributed by atoms with E-state index in [1.165, 1.54) is 0 Å². The average molecular weight is 356 g/mol. The van der Waals surface area contributed by atoms with E-state index in [0.717, 1.165) is 43.1 Å². The zero-order valence-corrected chi connectivity index (χ0v) is 16.1. The van der Waals surface area contributed by atoms with Gasteiger partial charge in [0.2, 0.25) is 5.95 Å². The fourth-order valence-electron chi connectivity index (χ4n) is 2.68. The number of nitrogens with zero attached hydrogens (tertiary/aromatic N) is 3. The van der Waals surface area contributed by atoms with Crippen LogP contribution in [0.25, 0.3) is 0 Å². The van der Waals surface area contributed by atoms with E-state index >= 15 is 0 Å². The van der Waals surface area contributed by atoms with Gasteiger partial charge in [0.1, 0.15) is 11.4 Å². The first kappa shape index (κ1) is 19.7. The van der Waals surface area contributed by atoms with Crippen molar-refractivity contribution in [1.29, 1.82) is 0 Å². The minimum absolute atomic E-state index is 0.0473. The van der Waals surface area contributed by atoms with Crippen molar-refractivity contribution < 1.29 is 9.53 Å². The number of aryl methyl sites for hydroxylation is 1. The third kappa shape index (κ3) is 5.44. The van der Waals surface area contributed by atoms with E-state index in [-0.39, 0.29) is 5.91 Å². The molecule has 1 N–H and O–H groups in total. The predicted octanol–water partition coefficient (Wildman–Crippen LogP) is 4.19. The Hall–Kier alpha value is -2.63. The van der Waals surface area contributed by atoms with Gasteiger partial charge in [-0.15, -0.1) is 0 Å². The van der Waals surface area contributed by atoms with Crippen LogP contribution < -0.4 is 10.1 Å². The number of hydrogen-bond acceptors (Lipinski definition) is 5. The Kier molecular flexibility index (Phi) is 7.38. The Morgan fingerprint density at radius 3 is 2.31 bits per heavy atom. The summed E-state index contributed by atoms with van der Waals surface area (Å²) in [5.41, 5.74) is 2.02. The summed E-state index contributed by atoms with van der Waals surface area (Å²) < 4.78 is 5.44. The van der Waals surface area contributed by atoms with Crippen LogP contribution in [0.3, 0.4) is 0 Å². The molecule has 1 aromatic carbocycles. The molecule has 1 amide bonds. The molecule has 6 nitrogen and oxygen atoms in total. The molecule has 0 aliphatic carbocycles. The Labute approximate surface area is 155 Å². The van der Waals surface area contributed by atoms with Crippen LogP contribution in [0.4, 0.5) is 11.6 Å². The van der Waals surface area contributed by atoms with E-state index < -0.39 is 0 Å². The second-order valence-corrected chi connectivity index (χ2v) is 6.09. The van der Waals surface area contributed by atoms with E-state index in [9.17, 15) is 4.79 Å². The van der Waals surface area contributed by atoms with Gasteiger partial charge in [0.05, 0.1) is 6.61 Å². The zero-order valence-electron chi connectivity index (χ0n) is 16.1. The van der Waals surface area contributed by atoms with Gasteiger partial charge >= 0.3 is 0 Å². The monoisotopic (exact) mass is 356 g/mol. The highest BCUT2D eigenvalue weighted by Gasteiger charge is 2.17. The summed E-state index contributed by atoms with van der Waals surface area (Å²) in [5.74, 6) is 1.19. The maximum atomic E-state index is 12.8. The molecule has 0 spiro atoms. The van der Waals surface area contributed by atoms with Gasteiger partial charge in [0.15, 0.2) is 0 Å². The molecule has 0 saturated heterocycles. The Morgan fingerprint density at radius 2 is 1.73 bits per heavy atom. The van der Waals surface area contributed by atoms with Gasteiger partial charge < -0.3 is 15.0 Å². The highest BCUT2D eigenvalue weighted by molar-refractivity contribution is 5.92. The first-order valence-electron chi connectivity index (χ1n) is 9.22. The van der Waals surface area contributed by atoms with Crippen molar-refractivity contribution in [2.45, 2.75) is 40.5 Å². The normalized spacial score (nSPS) is 10.5. The summed E-state index contributed by atoms with van der Waals surface area (Å²) in [6, 6.07) is 9.32. The number of carbonyl (C=O) groups excluding carboxylic acids is 1. The number of nitrogens with one attached hydrogen (secondary N) is 1. The molecule has 2 aromatic rings. The first-order chi connectivity index (χ1) is 12.6. The molecule has 140 valence electrons. The van der Waals surface area contributed by atoms with Gasteiger partial charge in [-0.1, -0.05) is 13.8 Å². The second kappa shape index (κ2) is 9.75. The molecule has 26 heavy (non-hydrogen) atoms. The number of anilines is 2. The zero-order chi connectivity index (χ0) is 18.9. The van der Waals surface area contributed by atoms with Crippen LogP contribution in [0.1, 0.15) is 49.8 Å². The molecule has 0 fully saturated rings. The van der Waals surface area contributed by atoms with Gasteiger partial charge in [0.25, 0.3) is 5.91 Å². The van der Waals surface area contributed by atoms with Gasteiger partial charge in [-0.2, -0.15) is 0 Å². The lowest BCUT2D eigenvalue weighted by Gasteiger charge is -2.21. The van der Waals surface area contributed by atoms with Crippen LogP contribution in [0.2, 0.25) is 0 Å². The number of benzene rings is 1. The molecule has 1 heterocycles. The Morgan fingerprint density at radius 1 is 1.08 bits per heavy atom. The number of amides is 1. The molecule has 0 radical (unpaired) electrons. The molecule has 0 bridgehead atoms. The summed E-state index contributed by atoms with van der Waals surface area (Å²) in [6.45, 7) is 10.1. The van der Waals surface area contributed by atoms with E-state index in [1.807, 2.05) is 43.0 Å². The highest BCUT2D eigenvalue weighted by Crippen LogP contribution is 2.19. The first-order valence-corrected chi connectivity index (χ1v) is 9.22. The van der Waals surface area contributed by atoms with Crippen molar-refractivity contribution in [3.05, 3.63) is 41.7 Å². The summed E-state index contributed by atoms with van der Waals surface area (Å²) >= 11 is 0. The number of hydrogen-bond donors (Lipinski definition) is 1. The second-order valence-electron chi connectivity index (χ2n) is 6.09. The summed E-state index contributed by atoms with van der Waals surface area (Å²) in [7, 11) is 0. The molecule has 0 saturated carbocycles. The number of rotatable bonds is 9. The minimum Gasteiger partial charge on any atom is -0.494 e. The van der Waals surface area contributed by atoms with Gasteiger partial charge in [-0.25, -0.2) is 9.97 Å². The van der Waals surface area contributed by atoms with Crippen molar-refractivity contribution in [3.8, 4) is 5.75 Å². The smallest absolute Gasteiger partial charge is 0.272 e. The van der Waals surface area contributed by atoms with E-state index in [1.54, 1.807) is 6.07 Å². The molecular formula is C20H28N4O2. The van der Waals surface area contributed by atoms with Crippen LogP contribution >= 0.6 is 0 Å². The average Bonchev–Trinajstić information content (AvgIpc) is 2.62. The minimum atomic E-state index is -0.0473. The van der Waals surface area contributed by atoms with E-state index in [2.05, 4.69) is 29.1 Å². The third-order valence-corrected chi connectivity index (χ3v) is 3.77. The number of aromatic nitrogens is 2. The lowest BCUT2D eigenvalue weighted by atomic mass is 10.2. The SMILES string of the molecule is CCCN(CCC)C(=O)c1cc(C)nc(Nc2ccc(OCC)cc2)n1. The van der Waals surface area contributed by atoms with Gasteiger partial charge in [0, 0.05) is 24.5 Å². The topological polar surface area (TPSA) is 67.4 Å². The summed E-state index contributed by atoms with van der Waals surface area (Å²) in [4.78, 5) is 23.5. The standard InChI is InChI=1S/C20H28N4O2/c1-5-12-24(13-6-2)19(25)18-14-15(4)21-20(23-18)22-16-8-10-17(11-9-16)26-7-3/h8-11,14H,5-7,12-13H2,1-4H3,(H,21,22,23). The maximum Gasteiger partial charge on any atom is 0.272 e. The molecule has 0 aliphatic heterocycles. The molecule has 6 heteroatoms. The lowest BCUT2D eigenvalue weighted by molar-refractivity contribution is 0.0749. The van der Waals surface area contributed by atoms with Crippen LogP contribution in [-0.4, -0.2) is 40.5 Å². The van der Waals surface area contributed by atoms with Crippen LogP contribution in [0.5, 0.6) is 5.75 Å². The molecule has 1 aromatic heterocycles. The van der Waals surface area contributed by atoms with Crippen LogP contribution in [-0.2, 0) is 0 Å². The van der Waals surface area contributed by atoms with Crippen molar-refractivity contribution >= 4 is 17.5 Å². The Balaban J connectivity index is 2.19. The van der Waals surface area contributed by atoms with Crippen LogP contribution in [0.15, 0.2) is 30.3 Å². The molecular weight excluding hydrogens is 328 g/mol. The number of carbonyl (C=O) groups is 1. The highest BCUT2D eigenvalue weighted by atomic mass is 16.5. The van der Waals surface area contributed by atoms with Crippen molar-refractivity contribution in [3.63, 3.8) is 0 Å². The van der Waals surface area contributed by atoms with Gasteiger partial charge in [-0.3, -0.25) is 4.79 Å². The van der Waals surface area contributed by atoms with Crippen LogP contribution in [0, 0.1) is 6.92 Å². The maximum absolute atomic E-state index is 12.8. The van der Waals surface area contributed by atoms with Crippen molar-refractivity contribution in [2.75, 3.05) is 25.0 Å². The van der Waals surface area contributed by atoms with E-state index in [4.69, 9.17) is 4.74 Å².